The van der Waals surface area contributed by atoms with Gasteiger partial charge in [0, 0.05) is 12.1 Å². The van der Waals surface area contributed by atoms with Gasteiger partial charge in [0.05, 0.1) is 25.0 Å². The maximum Gasteiger partial charge on any atom is 0.0766 e. The van der Waals surface area contributed by atoms with Gasteiger partial charge >= 0.3 is 0 Å². The molecule has 0 bridgehead atoms. The molecule has 0 amide bonds. The fraction of sp³-hybridized carbons (Fsp3) is 1.00. The van der Waals surface area contributed by atoms with Crippen molar-refractivity contribution in [2.75, 3.05) is 6.67 Å². The van der Waals surface area contributed by atoms with E-state index in [1.54, 1.807) is 0 Å². The summed E-state index contributed by atoms with van der Waals surface area (Å²) in [7, 11) is 0. The van der Waals surface area contributed by atoms with Crippen LogP contribution in [-0.4, -0.2) is 47.1 Å². The monoisotopic (exact) mass is 365 g/mol. The maximum absolute atomic E-state index is 6.54. The Kier molecular flexibility index (Phi) is 7.76. The second-order valence-corrected chi connectivity index (χ2v) is 9.13. The maximum atomic E-state index is 6.54. The molecule has 3 fully saturated rings. The minimum atomic E-state index is 0.0650. The van der Waals surface area contributed by atoms with Gasteiger partial charge in [-0.3, -0.25) is 10.6 Å². The SMILES string of the molecule is CCC1NC(C(C)C)N2C1C(N)NCN2C1CCCCCCCCCC1. The van der Waals surface area contributed by atoms with Crippen LogP contribution in [0.2, 0.25) is 0 Å². The van der Waals surface area contributed by atoms with E-state index in [4.69, 9.17) is 5.73 Å². The molecule has 2 saturated heterocycles. The van der Waals surface area contributed by atoms with Crippen molar-refractivity contribution in [2.24, 2.45) is 11.7 Å². The first-order chi connectivity index (χ1) is 12.6. The lowest BCUT2D eigenvalue weighted by atomic mass is 10.00. The number of rotatable bonds is 3. The predicted molar refractivity (Wildman–Crippen MR) is 109 cm³/mol. The van der Waals surface area contributed by atoms with Crippen LogP contribution in [0.1, 0.15) is 91.4 Å². The van der Waals surface area contributed by atoms with E-state index >= 15 is 0 Å². The van der Waals surface area contributed by atoms with Crippen molar-refractivity contribution in [2.45, 2.75) is 122 Å². The molecule has 5 heteroatoms. The van der Waals surface area contributed by atoms with Crippen molar-refractivity contribution in [1.82, 2.24) is 20.7 Å². The number of hydrogen-bond donors (Lipinski definition) is 3. The number of nitrogens with two attached hydrogens (primary N) is 1. The normalized spacial score (nSPS) is 36.8. The first kappa shape index (κ1) is 20.5. The molecule has 26 heavy (non-hydrogen) atoms. The minimum absolute atomic E-state index is 0.0650. The number of nitrogens with zero attached hydrogens (tertiary/aromatic N) is 2. The van der Waals surface area contributed by atoms with Gasteiger partial charge in [-0.15, -0.1) is 0 Å². The van der Waals surface area contributed by atoms with Gasteiger partial charge in [0.25, 0.3) is 0 Å². The smallest absolute Gasteiger partial charge is 0.0766 e. The average molecular weight is 366 g/mol. The Bertz CT molecular complexity index is 403. The van der Waals surface area contributed by atoms with E-state index in [9.17, 15) is 0 Å². The lowest BCUT2D eigenvalue weighted by molar-refractivity contribution is -0.152. The van der Waals surface area contributed by atoms with Gasteiger partial charge in [-0.25, -0.2) is 10.0 Å². The average Bonchev–Trinajstić information content (AvgIpc) is 3.00. The van der Waals surface area contributed by atoms with Crippen LogP contribution in [0.25, 0.3) is 0 Å². The highest BCUT2D eigenvalue weighted by molar-refractivity contribution is 5.02. The Morgan fingerprint density at radius 1 is 0.962 bits per heavy atom. The van der Waals surface area contributed by atoms with E-state index in [2.05, 4.69) is 41.4 Å². The lowest BCUT2D eigenvalue weighted by Gasteiger charge is -2.50. The van der Waals surface area contributed by atoms with Crippen molar-refractivity contribution in [3.63, 3.8) is 0 Å². The summed E-state index contributed by atoms with van der Waals surface area (Å²) in [5.74, 6) is 0.588. The summed E-state index contributed by atoms with van der Waals surface area (Å²) in [6.07, 6.45) is 15.6. The predicted octanol–water partition coefficient (Wildman–Crippen LogP) is 3.37. The molecule has 0 aromatic heterocycles. The van der Waals surface area contributed by atoms with Crippen molar-refractivity contribution in [3.8, 4) is 0 Å². The van der Waals surface area contributed by atoms with E-state index in [1.165, 1.54) is 64.2 Å². The Labute approximate surface area is 161 Å². The van der Waals surface area contributed by atoms with Crippen LogP contribution >= 0.6 is 0 Å². The molecule has 3 aliphatic rings. The Hall–Kier alpha value is -0.200. The summed E-state index contributed by atoms with van der Waals surface area (Å²) in [4.78, 5) is 0. The molecule has 5 nitrogen and oxygen atoms in total. The summed E-state index contributed by atoms with van der Waals surface area (Å²) in [6.45, 7) is 7.88. The third-order valence-electron chi connectivity index (χ3n) is 6.86. The molecule has 1 aliphatic carbocycles. The van der Waals surface area contributed by atoms with Crippen LogP contribution in [0.4, 0.5) is 0 Å². The molecule has 4 unspecified atom stereocenters. The molecule has 1 saturated carbocycles. The summed E-state index contributed by atoms with van der Waals surface area (Å²) >= 11 is 0. The fourth-order valence-electron chi connectivity index (χ4n) is 5.35. The Morgan fingerprint density at radius 2 is 1.54 bits per heavy atom. The summed E-state index contributed by atoms with van der Waals surface area (Å²) in [5, 5.41) is 12.9. The van der Waals surface area contributed by atoms with Gasteiger partial charge in [0.1, 0.15) is 0 Å². The number of nitrogens with one attached hydrogen (secondary N) is 2. The fourth-order valence-corrected chi connectivity index (χ4v) is 5.35. The third kappa shape index (κ3) is 4.61. The zero-order valence-electron chi connectivity index (χ0n) is 17.4. The van der Waals surface area contributed by atoms with Crippen molar-refractivity contribution >= 4 is 0 Å². The van der Waals surface area contributed by atoms with Crippen molar-refractivity contribution < 1.29 is 0 Å². The molecule has 0 aromatic carbocycles. The van der Waals surface area contributed by atoms with Crippen LogP contribution in [0.15, 0.2) is 0 Å². The van der Waals surface area contributed by atoms with E-state index in [1.807, 2.05) is 0 Å². The van der Waals surface area contributed by atoms with Gasteiger partial charge in [0.2, 0.25) is 0 Å². The molecule has 4 atom stereocenters. The second-order valence-electron chi connectivity index (χ2n) is 9.13. The summed E-state index contributed by atoms with van der Waals surface area (Å²) in [5.41, 5.74) is 6.54. The highest BCUT2D eigenvalue weighted by Gasteiger charge is 2.50. The third-order valence-corrected chi connectivity index (χ3v) is 6.86. The molecular weight excluding hydrogens is 322 g/mol. The zero-order chi connectivity index (χ0) is 18.5. The van der Waals surface area contributed by atoms with Crippen LogP contribution in [0.3, 0.4) is 0 Å². The van der Waals surface area contributed by atoms with Crippen LogP contribution in [0.5, 0.6) is 0 Å². The molecular formula is C21H43N5. The van der Waals surface area contributed by atoms with Crippen LogP contribution in [0, 0.1) is 5.92 Å². The largest absolute Gasteiger partial charge is 0.314 e. The van der Waals surface area contributed by atoms with Gasteiger partial charge in [-0.2, -0.15) is 0 Å². The number of fused-ring (bicyclic) bond motifs is 1. The van der Waals surface area contributed by atoms with Crippen molar-refractivity contribution in [1.29, 1.82) is 0 Å². The molecule has 0 aromatic rings. The van der Waals surface area contributed by atoms with Gasteiger partial charge in [-0.05, 0) is 25.2 Å². The second kappa shape index (κ2) is 9.83. The molecule has 0 spiro atoms. The lowest BCUT2D eigenvalue weighted by Crippen LogP contribution is -2.71. The minimum Gasteiger partial charge on any atom is -0.314 e. The van der Waals surface area contributed by atoms with E-state index in [0.29, 0.717) is 30.2 Å². The highest BCUT2D eigenvalue weighted by Crippen LogP contribution is 2.32. The summed E-state index contributed by atoms with van der Waals surface area (Å²) in [6, 6.07) is 1.52. The Morgan fingerprint density at radius 3 is 2.08 bits per heavy atom. The van der Waals surface area contributed by atoms with E-state index < -0.39 is 0 Å². The van der Waals surface area contributed by atoms with Gasteiger partial charge in [-0.1, -0.05) is 72.1 Å². The first-order valence-electron chi connectivity index (χ1n) is 11.4. The molecule has 152 valence electrons. The Balaban J connectivity index is 1.77. The van der Waals surface area contributed by atoms with Crippen LogP contribution in [-0.2, 0) is 0 Å². The number of hydrazine groups is 1. The standard InChI is InChI=1S/C21H43N5/c1-4-18-19-20(22)23-15-25(26(19)21(24-18)16(2)3)17-13-11-9-7-5-6-8-10-12-14-17/h16-21,23-24H,4-15,22H2,1-3H3. The van der Waals surface area contributed by atoms with E-state index in [0.717, 1.165) is 13.1 Å². The van der Waals surface area contributed by atoms with Crippen molar-refractivity contribution in [3.05, 3.63) is 0 Å². The molecule has 2 aliphatic heterocycles. The topological polar surface area (TPSA) is 56.6 Å². The molecule has 2 heterocycles. The molecule has 0 radical (unpaired) electrons. The molecule has 3 rings (SSSR count). The zero-order valence-corrected chi connectivity index (χ0v) is 17.4. The van der Waals surface area contributed by atoms with E-state index in [-0.39, 0.29) is 6.17 Å². The van der Waals surface area contributed by atoms with Gasteiger partial charge in [0.15, 0.2) is 0 Å². The first-order valence-corrected chi connectivity index (χ1v) is 11.4. The highest BCUT2D eigenvalue weighted by atomic mass is 15.7. The number of hydrogen-bond acceptors (Lipinski definition) is 5. The summed E-state index contributed by atoms with van der Waals surface area (Å²) < 4.78 is 0. The van der Waals surface area contributed by atoms with Gasteiger partial charge < -0.3 is 5.73 Å². The van der Waals surface area contributed by atoms with Crippen LogP contribution < -0.4 is 16.4 Å². The molecule has 4 N–H and O–H groups in total. The quantitative estimate of drug-likeness (QED) is 0.716.